The van der Waals surface area contributed by atoms with Gasteiger partial charge in [-0.3, -0.25) is 19.0 Å². The predicted molar refractivity (Wildman–Crippen MR) is 102 cm³/mol. The summed E-state index contributed by atoms with van der Waals surface area (Å²) in [6.07, 6.45) is 5.16. The van der Waals surface area contributed by atoms with Crippen LogP contribution in [0.2, 0.25) is 0 Å². The van der Waals surface area contributed by atoms with Crippen molar-refractivity contribution in [2.45, 2.75) is 52.0 Å². The fourth-order valence-electron chi connectivity index (χ4n) is 4.12. The number of carbonyl (C=O) groups is 2. The van der Waals surface area contributed by atoms with E-state index in [9.17, 15) is 19.5 Å². The van der Waals surface area contributed by atoms with Gasteiger partial charge in [-0.2, -0.15) is 0 Å². The number of amides is 1. The fraction of sp³-hybridized carbons (Fsp3) is 0.579. The van der Waals surface area contributed by atoms with E-state index in [1.165, 1.54) is 11.3 Å². The van der Waals surface area contributed by atoms with E-state index < -0.39 is 11.9 Å². The summed E-state index contributed by atoms with van der Waals surface area (Å²) in [6, 6.07) is 0. The zero-order chi connectivity index (χ0) is 19.1. The van der Waals surface area contributed by atoms with Crippen molar-refractivity contribution in [3.8, 4) is 0 Å². The van der Waals surface area contributed by atoms with Gasteiger partial charge in [-0.05, 0) is 38.2 Å². The number of piperidine rings is 1. The first-order valence-electron chi connectivity index (χ1n) is 9.52. The Labute approximate surface area is 160 Å². The first-order valence-corrected chi connectivity index (χ1v) is 10.3. The normalized spacial score (nSPS) is 20.3. The number of aliphatic carboxylic acids is 1. The molecule has 1 amide bonds. The number of aryl methyl sites for hydroxylation is 2. The van der Waals surface area contributed by atoms with Crippen LogP contribution in [-0.2, 0) is 17.8 Å². The standard InChI is InChI=1S/C19H23N3O4S/c1-11-14-16(20-13-7-3-2-4-9-22(13)17(14)23)27-15(11)18(24)21-8-5-6-12(10-21)19(25)26/h12H,2-10H2,1H3,(H,25,26)/t12-/m0/s1. The molecule has 7 nitrogen and oxygen atoms in total. The van der Waals surface area contributed by atoms with Crippen LogP contribution in [0.15, 0.2) is 4.79 Å². The lowest BCUT2D eigenvalue weighted by atomic mass is 9.98. The van der Waals surface area contributed by atoms with Crippen molar-refractivity contribution in [2.24, 2.45) is 5.92 Å². The fourth-order valence-corrected chi connectivity index (χ4v) is 5.28. The Morgan fingerprint density at radius 3 is 2.78 bits per heavy atom. The number of rotatable bonds is 2. The Morgan fingerprint density at radius 2 is 2.00 bits per heavy atom. The molecular formula is C19H23N3O4S. The van der Waals surface area contributed by atoms with Gasteiger partial charge < -0.3 is 10.0 Å². The number of carboxylic acid groups (broad SMARTS) is 1. The zero-order valence-electron chi connectivity index (χ0n) is 15.4. The van der Waals surface area contributed by atoms with E-state index in [0.29, 0.717) is 46.6 Å². The van der Waals surface area contributed by atoms with Crippen molar-refractivity contribution in [2.75, 3.05) is 13.1 Å². The van der Waals surface area contributed by atoms with E-state index in [0.717, 1.165) is 31.5 Å². The summed E-state index contributed by atoms with van der Waals surface area (Å²) in [5, 5.41) is 9.81. The second-order valence-corrected chi connectivity index (χ2v) is 8.46. The molecule has 4 heterocycles. The summed E-state index contributed by atoms with van der Waals surface area (Å²) in [7, 11) is 0. The maximum Gasteiger partial charge on any atom is 0.308 e. The van der Waals surface area contributed by atoms with E-state index in [1.807, 2.05) is 0 Å². The highest BCUT2D eigenvalue weighted by Gasteiger charge is 2.31. The van der Waals surface area contributed by atoms with Crippen molar-refractivity contribution < 1.29 is 14.7 Å². The molecule has 144 valence electrons. The lowest BCUT2D eigenvalue weighted by molar-refractivity contribution is -0.143. The van der Waals surface area contributed by atoms with Crippen molar-refractivity contribution in [3.63, 3.8) is 0 Å². The third-order valence-corrected chi connectivity index (χ3v) is 6.84. The smallest absolute Gasteiger partial charge is 0.308 e. The predicted octanol–water partition coefficient (Wildman–Crippen LogP) is 2.43. The first-order chi connectivity index (χ1) is 13.0. The molecule has 0 saturated carbocycles. The van der Waals surface area contributed by atoms with E-state index in [1.54, 1.807) is 16.4 Å². The van der Waals surface area contributed by atoms with Crippen LogP contribution in [0.3, 0.4) is 0 Å². The van der Waals surface area contributed by atoms with Crippen LogP contribution in [0.1, 0.15) is 53.2 Å². The minimum atomic E-state index is -0.857. The van der Waals surface area contributed by atoms with E-state index in [4.69, 9.17) is 4.98 Å². The number of carboxylic acids is 1. The Hall–Kier alpha value is -2.22. The van der Waals surface area contributed by atoms with E-state index in [-0.39, 0.29) is 18.0 Å². The summed E-state index contributed by atoms with van der Waals surface area (Å²) < 4.78 is 1.77. The van der Waals surface area contributed by atoms with Gasteiger partial charge in [0.1, 0.15) is 10.7 Å². The molecule has 2 aliphatic heterocycles. The average molecular weight is 389 g/mol. The van der Waals surface area contributed by atoms with Crippen LogP contribution in [0.4, 0.5) is 0 Å². The Kier molecular flexibility index (Phi) is 4.75. The van der Waals surface area contributed by atoms with Crippen LogP contribution in [0.5, 0.6) is 0 Å². The van der Waals surface area contributed by atoms with Crippen LogP contribution in [0, 0.1) is 12.8 Å². The third-order valence-electron chi connectivity index (χ3n) is 5.66. The van der Waals surface area contributed by atoms with Crippen LogP contribution in [-0.4, -0.2) is 44.5 Å². The van der Waals surface area contributed by atoms with Crippen LogP contribution >= 0.6 is 11.3 Å². The Bertz CT molecular complexity index is 977. The molecule has 8 heteroatoms. The topological polar surface area (TPSA) is 92.5 Å². The molecule has 0 unspecified atom stereocenters. The van der Waals surface area contributed by atoms with E-state index in [2.05, 4.69) is 0 Å². The molecule has 0 aromatic carbocycles. The zero-order valence-corrected chi connectivity index (χ0v) is 16.2. The summed E-state index contributed by atoms with van der Waals surface area (Å²) >= 11 is 1.27. The Morgan fingerprint density at radius 1 is 1.19 bits per heavy atom. The van der Waals surface area contributed by atoms with Crippen molar-refractivity contribution in [1.82, 2.24) is 14.5 Å². The molecule has 1 N–H and O–H groups in total. The average Bonchev–Trinajstić information content (AvgIpc) is 2.83. The first kappa shape index (κ1) is 18.2. The molecule has 1 saturated heterocycles. The molecule has 0 bridgehead atoms. The SMILES string of the molecule is Cc1c(C(=O)N2CCC[C@H](C(=O)O)C2)sc2nc3n(c(=O)c12)CCCCC3. The van der Waals surface area contributed by atoms with Gasteiger partial charge in [0.15, 0.2) is 0 Å². The molecule has 27 heavy (non-hydrogen) atoms. The van der Waals surface area contributed by atoms with Gasteiger partial charge in [0.2, 0.25) is 0 Å². The van der Waals surface area contributed by atoms with Crippen LogP contribution in [0.25, 0.3) is 10.2 Å². The molecule has 1 atom stereocenters. The van der Waals surface area contributed by atoms with Gasteiger partial charge in [0.25, 0.3) is 11.5 Å². The molecule has 2 aromatic heterocycles. The second kappa shape index (κ2) is 7.07. The molecule has 2 aliphatic rings. The molecule has 4 rings (SSSR count). The summed E-state index contributed by atoms with van der Waals surface area (Å²) in [5.41, 5.74) is 0.626. The van der Waals surface area contributed by atoms with Gasteiger partial charge in [-0.25, -0.2) is 4.98 Å². The second-order valence-electron chi connectivity index (χ2n) is 7.46. The molecule has 1 fully saturated rings. The molecule has 0 aliphatic carbocycles. The number of carbonyl (C=O) groups excluding carboxylic acids is 1. The maximum atomic E-state index is 13.1. The van der Waals surface area contributed by atoms with Gasteiger partial charge in [0.05, 0.1) is 16.2 Å². The summed E-state index contributed by atoms with van der Waals surface area (Å²) in [4.78, 5) is 44.8. The molecule has 0 radical (unpaired) electrons. The van der Waals surface area contributed by atoms with Crippen LogP contribution < -0.4 is 5.56 Å². The minimum Gasteiger partial charge on any atom is -0.481 e. The third kappa shape index (κ3) is 3.16. The summed E-state index contributed by atoms with van der Waals surface area (Å²) in [6.45, 7) is 3.27. The number of likely N-dealkylation sites (tertiary alicyclic amines) is 1. The number of fused-ring (bicyclic) bond motifs is 2. The van der Waals surface area contributed by atoms with Crippen molar-refractivity contribution in [3.05, 3.63) is 26.6 Å². The molecule has 2 aromatic rings. The number of thiophene rings is 1. The van der Waals surface area contributed by atoms with Gasteiger partial charge in [0, 0.05) is 26.1 Å². The lowest BCUT2D eigenvalue weighted by Crippen LogP contribution is -2.42. The van der Waals surface area contributed by atoms with Gasteiger partial charge in [-0.1, -0.05) is 6.42 Å². The quantitative estimate of drug-likeness (QED) is 0.852. The Balaban J connectivity index is 1.73. The highest BCUT2D eigenvalue weighted by molar-refractivity contribution is 7.20. The minimum absolute atomic E-state index is 0.0493. The summed E-state index contributed by atoms with van der Waals surface area (Å²) in [5.74, 6) is -0.739. The van der Waals surface area contributed by atoms with E-state index >= 15 is 0 Å². The van der Waals surface area contributed by atoms with Gasteiger partial charge >= 0.3 is 5.97 Å². The highest BCUT2D eigenvalue weighted by Crippen LogP contribution is 2.30. The monoisotopic (exact) mass is 389 g/mol. The number of nitrogens with zero attached hydrogens (tertiary/aromatic N) is 3. The number of hydrogen-bond acceptors (Lipinski definition) is 5. The molecular weight excluding hydrogens is 366 g/mol. The maximum absolute atomic E-state index is 13.1. The number of hydrogen-bond donors (Lipinski definition) is 1. The largest absolute Gasteiger partial charge is 0.481 e. The lowest BCUT2D eigenvalue weighted by Gasteiger charge is -2.30. The van der Waals surface area contributed by atoms with Gasteiger partial charge in [-0.15, -0.1) is 11.3 Å². The van der Waals surface area contributed by atoms with Crippen molar-refractivity contribution >= 4 is 33.4 Å². The number of aromatic nitrogens is 2. The van der Waals surface area contributed by atoms with Crippen molar-refractivity contribution in [1.29, 1.82) is 0 Å². The molecule has 0 spiro atoms. The highest BCUT2D eigenvalue weighted by atomic mass is 32.1.